The van der Waals surface area contributed by atoms with Crippen molar-refractivity contribution in [3.63, 3.8) is 0 Å². The van der Waals surface area contributed by atoms with Gasteiger partial charge in [0.05, 0.1) is 6.33 Å². The number of aromatic nitrogens is 2. The fourth-order valence-electron chi connectivity index (χ4n) is 2.19. The lowest BCUT2D eigenvalue weighted by molar-refractivity contribution is -0.147. The molecular formula is C21H25N3O4. The molecule has 0 saturated carbocycles. The van der Waals surface area contributed by atoms with Crippen molar-refractivity contribution in [2.75, 3.05) is 0 Å². The van der Waals surface area contributed by atoms with Gasteiger partial charge < -0.3 is 19.8 Å². The SMILES string of the molecule is Cc1[nH]cnc1C#CCC(NC(=O)OC(C)(C)C)C(=O)OCc1ccccc1. The molecule has 2 rings (SSSR count). The van der Waals surface area contributed by atoms with Crippen molar-refractivity contribution in [2.24, 2.45) is 0 Å². The number of carbonyl (C=O) groups excluding carboxylic acids is 2. The molecule has 28 heavy (non-hydrogen) atoms. The van der Waals surface area contributed by atoms with E-state index >= 15 is 0 Å². The first-order valence-corrected chi connectivity index (χ1v) is 8.93. The molecule has 0 fully saturated rings. The van der Waals surface area contributed by atoms with Crippen molar-refractivity contribution >= 4 is 12.1 Å². The third kappa shape index (κ3) is 7.16. The number of nitrogens with one attached hydrogen (secondary N) is 2. The zero-order valence-electron chi connectivity index (χ0n) is 16.5. The van der Waals surface area contributed by atoms with Crippen molar-refractivity contribution in [3.8, 4) is 11.8 Å². The molecule has 0 bridgehead atoms. The normalized spacial score (nSPS) is 11.7. The molecule has 148 valence electrons. The molecule has 1 atom stereocenters. The lowest BCUT2D eigenvalue weighted by Gasteiger charge is -2.22. The van der Waals surface area contributed by atoms with Crippen molar-refractivity contribution in [2.45, 2.75) is 52.4 Å². The molecule has 0 aliphatic rings. The van der Waals surface area contributed by atoms with Crippen LogP contribution in [0.15, 0.2) is 36.7 Å². The van der Waals surface area contributed by atoms with E-state index in [1.54, 1.807) is 27.1 Å². The second-order valence-corrected chi connectivity index (χ2v) is 7.17. The molecular weight excluding hydrogens is 358 g/mol. The van der Waals surface area contributed by atoms with E-state index in [-0.39, 0.29) is 13.0 Å². The Morgan fingerprint density at radius 2 is 1.96 bits per heavy atom. The molecule has 7 nitrogen and oxygen atoms in total. The minimum absolute atomic E-state index is 0.0686. The number of imidazole rings is 1. The summed E-state index contributed by atoms with van der Waals surface area (Å²) in [6.07, 6.45) is 0.912. The molecule has 2 N–H and O–H groups in total. The molecule has 1 heterocycles. The van der Waals surface area contributed by atoms with Gasteiger partial charge in [0.1, 0.15) is 23.9 Å². The summed E-state index contributed by atoms with van der Waals surface area (Å²) < 4.78 is 10.6. The van der Waals surface area contributed by atoms with E-state index in [2.05, 4.69) is 27.1 Å². The lowest BCUT2D eigenvalue weighted by atomic mass is 10.2. The van der Waals surface area contributed by atoms with E-state index in [0.717, 1.165) is 11.3 Å². The summed E-state index contributed by atoms with van der Waals surface area (Å²) in [4.78, 5) is 31.6. The highest BCUT2D eigenvalue weighted by Gasteiger charge is 2.25. The zero-order chi connectivity index (χ0) is 20.6. The predicted octanol–water partition coefficient (Wildman–Crippen LogP) is 3.10. The van der Waals surface area contributed by atoms with Gasteiger partial charge in [0, 0.05) is 12.1 Å². The standard InChI is InChI=1S/C21H25N3O4/c1-15-17(23-14-22-15)11-8-12-18(24-20(26)28-21(2,3)4)19(25)27-13-16-9-6-5-7-10-16/h5-7,9-10,14,18H,12-13H2,1-4H3,(H,22,23)(H,24,26). The van der Waals surface area contributed by atoms with Crippen molar-refractivity contribution in [1.82, 2.24) is 15.3 Å². The molecule has 1 aromatic carbocycles. The molecule has 0 spiro atoms. The number of esters is 1. The number of nitrogens with zero attached hydrogens (tertiary/aromatic N) is 1. The van der Waals surface area contributed by atoms with E-state index in [1.165, 1.54) is 0 Å². The predicted molar refractivity (Wildman–Crippen MR) is 104 cm³/mol. The fraction of sp³-hybridized carbons (Fsp3) is 0.381. The van der Waals surface area contributed by atoms with Crippen molar-refractivity contribution in [1.29, 1.82) is 0 Å². The number of amides is 1. The van der Waals surface area contributed by atoms with Crippen LogP contribution in [0.2, 0.25) is 0 Å². The van der Waals surface area contributed by atoms with Gasteiger partial charge in [-0.05, 0) is 39.2 Å². The Balaban J connectivity index is 2.04. The summed E-state index contributed by atoms with van der Waals surface area (Å²) in [7, 11) is 0. The summed E-state index contributed by atoms with van der Waals surface area (Å²) in [5.41, 5.74) is 1.59. The minimum Gasteiger partial charge on any atom is -0.459 e. The summed E-state index contributed by atoms with van der Waals surface area (Å²) >= 11 is 0. The summed E-state index contributed by atoms with van der Waals surface area (Å²) in [6, 6.07) is 8.35. The Bertz CT molecular complexity index is 857. The van der Waals surface area contributed by atoms with E-state index in [9.17, 15) is 9.59 Å². The third-order valence-electron chi connectivity index (χ3n) is 3.54. The molecule has 0 aliphatic carbocycles. The monoisotopic (exact) mass is 383 g/mol. The second-order valence-electron chi connectivity index (χ2n) is 7.17. The van der Waals surface area contributed by atoms with E-state index in [0.29, 0.717) is 5.69 Å². The molecule has 0 aliphatic heterocycles. The number of ether oxygens (including phenoxy) is 2. The van der Waals surface area contributed by atoms with Crippen LogP contribution in [-0.4, -0.2) is 33.7 Å². The highest BCUT2D eigenvalue weighted by Crippen LogP contribution is 2.09. The number of aryl methyl sites for hydroxylation is 1. The lowest BCUT2D eigenvalue weighted by Crippen LogP contribution is -2.44. The first-order valence-electron chi connectivity index (χ1n) is 8.93. The summed E-state index contributed by atoms with van der Waals surface area (Å²) in [6.45, 7) is 7.19. The highest BCUT2D eigenvalue weighted by molar-refractivity contribution is 5.81. The maximum atomic E-state index is 12.5. The average molecular weight is 383 g/mol. The Morgan fingerprint density at radius 3 is 2.57 bits per heavy atom. The van der Waals surface area contributed by atoms with Crippen molar-refractivity contribution in [3.05, 3.63) is 53.6 Å². The fourth-order valence-corrected chi connectivity index (χ4v) is 2.19. The van der Waals surface area contributed by atoms with Crippen molar-refractivity contribution < 1.29 is 19.1 Å². The van der Waals surface area contributed by atoms with Gasteiger partial charge in [-0.2, -0.15) is 0 Å². The number of benzene rings is 1. The van der Waals surface area contributed by atoms with Gasteiger partial charge in [-0.15, -0.1) is 0 Å². The number of alkyl carbamates (subject to hydrolysis) is 1. The first-order chi connectivity index (χ1) is 13.2. The van der Waals surface area contributed by atoms with Gasteiger partial charge in [0.2, 0.25) is 0 Å². The van der Waals surface area contributed by atoms with Crippen LogP contribution >= 0.6 is 0 Å². The number of carbonyl (C=O) groups is 2. The molecule has 2 aromatic rings. The summed E-state index contributed by atoms with van der Waals surface area (Å²) in [5.74, 6) is 5.17. The average Bonchev–Trinajstić information content (AvgIpc) is 3.03. The van der Waals surface area contributed by atoms with Crippen LogP contribution in [0.25, 0.3) is 0 Å². The molecule has 1 amide bonds. The molecule has 1 aromatic heterocycles. The smallest absolute Gasteiger partial charge is 0.408 e. The molecule has 0 radical (unpaired) electrons. The number of H-pyrrole nitrogens is 1. The largest absolute Gasteiger partial charge is 0.459 e. The number of hydrogen-bond acceptors (Lipinski definition) is 5. The van der Waals surface area contributed by atoms with E-state index in [1.807, 2.05) is 37.3 Å². The summed E-state index contributed by atoms with van der Waals surface area (Å²) in [5, 5.41) is 2.54. The second kappa shape index (κ2) is 9.60. The Morgan fingerprint density at radius 1 is 1.25 bits per heavy atom. The van der Waals surface area contributed by atoms with Crippen LogP contribution in [0.3, 0.4) is 0 Å². The highest BCUT2D eigenvalue weighted by atomic mass is 16.6. The van der Waals surface area contributed by atoms with Gasteiger partial charge in [-0.25, -0.2) is 14.6 Å². The van der Waals surface area contributed by atoms with Crippen LogP contribution in [0.5, 0.6) is 0 Å². The Kier molecular flexibility index (Phi) is 7.21. The van der Waals surface area contributed by atoms with Crippen LogP contribution < -0.4 is 5.32 Å². The van der Waals surface area contributed by atoms with Gasteiger partial charge in [-0.1, -0.05) is 36.3 Å². The van der Waals surface area contributed by atoms with Gasteiger partial charge in [0.15, 0.2) is 0 Å². The maximum Gasteiger partial charge on any atom is 0.408 e. The Labute approximate surface area is 164 Å². The van der Waals surface area contributed by atoms with Crippen LogP contribution in [-0.2, 0) is 20.9 Å². The zero-order valence-corrected chi connectivity index (χ0v) is 16.5. The van der Waals surface area contributed by atoms with E-state index in [4.69, 9.17) is 9.47 Å². The van der Waals surface area contributed by atoms with E-state index < -0.39 is 23.7 Å². The Hall–Kier alpha value is -3.27. The minimum atomic E-state index is -0.953. The maximum absolute atomic E-state index is 12.5. The van der Waals surface area contributed by atoms with Gasteiger partial charge >= 0.3 is 12.1 Å². The molecule has 0 saturated heterocycles. The first kappa shape index (κ1) is 21.0. The van der Waals surface area contributed by atoms with Gasteiger partial charge in [0.25, 0.3) is 0 Å². The van der Waals surface area contributed by atoms with Crippen LogP contribution in [0, 0.1) is 18.8 Å². The molecule has 1 unspecified atom stereocenters. The van der Waals surface area contributed by atoms with Crippen LogP contribution in [0.4, 0.5) is 4.79 Å². The topological polar surface area (TPSA) is 93.3 Å². The molecule has 7 heteroatoms. The number of aromatic amines is 1. The third-order valence-corrected chi connectivity index (χ3v) is 3.54. The quantitative estimate of drug-likeness (QED) is 0.611. The number of rotatable bonds is 5. The number of hydrogen-bond donors (Lipinski definition) is 2. The van der Waals surface area contributed by atoms with Crippen LogP contribution in [0.1, 0.15) is 44.1 Å². The van der Waals surface area contributed by atoms with Gasteiger partial charge in [-0.3, -0.25) is 0 Å².